The zero-order chi connectivity index (χ0) is 19.0. The van der Waals surface area contributed by atoms with Crippen LogP contribution in [0, 0.1) is 11.3 Å². The quantitative estimate of drug-likeness (QED) is 0.769. The van der Waals surface area contributed by atoms with E-state index in [0.717, 1.165) is 43.5 Å². The third-order valence-corrected chi connectivity index (χ3v) is 6.61. The van der Waals surface area contributed by atoms with Gasteiger partial charge in [-0.15, -0.1) is 0 Å². The number of fused-ring (bicyclic) bond motifs is 1. The first kappa shape index (κ1) is 18.8. The van der Waals surface area contributed by atoms with E-state index >= 15 is 0 Å². The summed E-state index contributed by atoms with van der Waals surface area (Å²) in [5, 5.41) is 20.6. The molecular weight excluding hydrogens is 342 g/mol. The van der Waals surface area contributed by atoms with Crippen molar-refractivity contribution in [2.45, 2.75) is 64.5 Å². The van der Waals surface area contributed by atoms with Gasteiger partial charge < -0.3 is 14.9 Å². The molecule has 1 heterocycles. The van der Waals surface area contributed by atoms with Crippen molar-refractivity contribution in [2.75, 3.05) is 19.7 Å². The molecule has 1 saturated carbocycles. The number of hydrogen-bond acceptors (Lipinski definition) is 4. The van der Waals surface area contributed by atoms with Gasteiger partial charge in [-0.1, -0.05) is 18.9 Å². The smallest absolute Gasteiger partial charge is 0.313 e. The summed E-state index contributed by atoms with van der Waals surface area (Å²) in [5.74, 6) is 0.563. The van der Waals surface area contributed by atoms with E-state index in [4.69, 9.17) is 4.74 Å². The second kappa shape index (κ2) is 7.44. The molecule has 0 unspecified atom stereocenters. The normalized spacial score (nSPS) is 28.1. The van der Waals surface area contributed by atoms with Gasteiger partial charge in [-0.25, -0.2) is 0 Å². The van der Waals surface area contributed by atoms with Gasteiger partial charge in [0, 0.05) is 25.2 Å². The van der Waals surface area contributed by atoms with E-state index in [1.54, 1.807) is 0 Å². The summed E-state index contributed by atoms with van der Waals surface area (Å²) < 4.78 is 5.91. The number of aliphatic hydroxyl groups is 1. The zero-order valence-corrected chi connectivity index (χ0v) is 16.2. The molecule has 2 fully saturated rings. The van der Waals surface area contributed by atoms with Gasteiger partial charge in [0.25, 0.3) is 0 Å². The van der Waals surface area contributed by atoms with Crippen LogP contribution in [0.25, 0.3) is 0 Å². The molecular formula is C22H31NO4. The van der Waals surface area contributed by atoms with Gasteiger partial charge in [-0.2, -0.15) is 0 Å². The minimum absolute atomic E-state index is 0.419. The van der Waals surface area contributed by atoms with Gasteiger partial charge in [0.1, 0.15) is 11.2 Å². The van der Waals surface area contributed by atoms with Crippen molar-refractivity contribution in [3.05, 3.63) is 28.8 Å². The first-order valence-electron chi connectivity index (χ1n) is 10.4. The maximum atomic E-state index is 12.2. The topological polar surface area (TPSA) is 70.0 Å². The number of aryl methyl sites for hydroxylation is 2. The lowest BCUT2D eigenvalue weighted by Crippen LogP contribution is -2.56. The number of benzene rings is 1. The molecule has 27 heavy (non-hydrogen) atoms. The van der Waals surface area contributed by atoms with Crippen molar-refractivity contribution in [1.82, 2.24) is 4.90 Å². The molecule has 4 rings (SSSR count). The molecule has 1 saturated heterocycles. The number of carboxylic acids is 1. The summed E-state index contributed by atoms with van der Waals surface area (Å²) >= 11 is 0. The Hall–Kier alpha value is -1.59. The van der Waals surface area contributed by atoms with Gasteiger partial charge in [0.2, 0.25) is 0 Å². The average Bonchev–Trinajstić information content (AvgIpc) is 3.33. The minimum atomic E-state index is -1.03. The van der Waals surface area contributed by atoms with Gasteiger partial charge in [0.15, 0.2) is 0 Å². The number of ether oxygens (including phenoxy) is 1. The van der Waals surface area contributed by atoms with E-state index in [1.165, 1.54) is 17.5 Å². The van der Waals surface area contributed by atoms with E-state index in [0.29, 0.717) is 38.5 Å². The maximum Gasteiger partial charge on any atom is 0.313 e. The average molecular weight is 373 g/mol. The Balaban J connectivity index is 1.56. The van der Waals surface area contributed by atoms with E-state index in [-0.39, 0.29) is 0 Å². The molecule has 148 valence electrons. The van der Waals surface area contributed by atoms with Crippen molar-refractivity contribution in [2.24, 2.45) is 11.3 Å². The molecule has 2 N–H and O–H groups in total. The van der Waals surface area contributed by atoms with E-state index < -0.39 is 17.5 Å². The highest BCUT2D eigenvalue weighted by molar-refractivity contribution is 5.76. The Kier molecular flexibility index (Phi) is 5.17. The van der Waals surface area contributed by atoms with Crippen molar-refractivity contribution in [1.29, 1.82) is 0 Å². The maximum absolute atomic E-state index is 12.2. The van der Waals surface area contributed by atoms with Crippen LogP contribution in [0.1, 0.15) is 55.7 Å². The Bertz CT molecular complexity index is 715. The third kappa shape index (κ3) is 3.72. The first-order valence-corrected chi connectivity index (χ1v) is 10.4. The molecule has 0 aromatic heterocycles. The van der Waals surface area contributed by atoms with E-state index in [2.05, 4.69) is 17.0 Å². The van der Waals surface area contributed by atoms with Crippen LogP contribution < -0.4 is 4.74 Å². The molecule has 1 aromatic carbocycles. The number of piperidine rings is 1. The molecule has 2 aliphatic carbocycles. The molecule has 5 nitrogen and oxygen atoms in total. The van der Waals surface area contributed by atoms with Crippen molar-refractivity contribution in [3.63, 3.8) is 0 Å². The zero-order valence-electron chi connectivity index (χ0n) is 16.2. The van der Waals surface area contributed by atoms with Gasteiger partial charge >= 0.3 is 5.97 Å². The number of nitrogens with zero attached hydrogens (tertiary/aromatic N) is 1. The predicted octanol–water partition coefficient (Wildman–Crippen LogP) is 3.01. The number of aliphatic carboxylic acids is 1. The monoisotopic (exact) mass is 373 g/mol. The van der Waals surface area contributed by atoms with Crippen LogP contribution in [0.4, 0.5) is 0 Å². The highest BCUT2D eigenvalue weighted by Crippen LogP contribution is 2.45. The largest absolute Gasteiger partial charge is 0.494 e. The molecule has 0 bridgehead atoms. The minimum Gasteiger partial charge on any atom is -0.494 e. The molecule has 0 amide bonds. The molecule has 2 atom stereocenters. The van der Waals surface area contributed by atoms with Crippen LogP contribution in [0.15, 0.2) is 12.1 Å². The fourth-order valence-corrected chi connectivity index (χ4v) is 4.94. The molecule has 0 spiro atoms. The highest BCUT2D eigenvalue weighted by atomic mass is 16.5. The summed E-state index contributed by atoms with van der Waals surface area (Å²) in [5.41, 5.74) is 2.93. The molecule has 5 heteroatoms. The number of carbonyl (C=O) groups is 1. The van der Waals surface area contributed by atoms with Gasteiger partial charge in [-0.3, -0.25) is 9.69 Å². The van der Waals surface area contributed by atoms with Gasteiger partial charge in [-0.05, 0) is 62.1 Å². The molecule has 1 aromatic rings. The SMILES string of the molecule is CCOc1cc2c(cc1CN1CC[C@@H](O)[C@@](CC3CC3)(C(=O)O)C1)CCC2. The number of carboxylic acid groups (broad SMARTS) is 1. The second-order valence-corrected chi connectivity index (χ2v) is 8.64. The predicted molar refractivity (Wildman–Crippen MR) is 103 cm³/mol. The van der Waals surface area contributed by atoms with Crippen LogP contribution in [0.5, 0.6) is 5.75 Å². The summed E-state index contributed by atoms with van der Waals surface area (Å²) in [6.07, 6.45) is 6.00. The summed E-state index contributed by atoms with van der Waals surface area (Å²) in [6, 6.07) is 4.45. The number of aliphatic hydroxyl groups excluding tert-OH is 1. The third-order valence-electron chi connectivity index (χ3n) is 6.61. The van der Waals surface area contributed by atoms with Crippen LogP contribution in [0.3, 0.4) is 0 Å². The lowest BCUT2D eigenvalue weighted by atomic mass is 9.73. The number of likely N-dealkylation sites (tertiary alicyclic amines) is 1. The Morgan fingerprint density at radius 3 is 2.67 bits per heavy atom. The van der Waals surface area contributed by atoms with Crippen molar-refractivity contribution >= 4 is 5.97 Å². The molecule has 0 radical (unpaired) electrons. The van der Waals surface area contributed by atoms with E-state index in [1.807, 2.05) is 6.92 Å². The van der Waals surface area contributed by atoms with Crippen molar-refractivity contribution < 1.29 is 19.7 Å². The fraction of sp³-hybridized carbons (Fsp3) is 0.682. The lowest BCUT2D eigenvalue weighted by Gasteiger charge is -2.43. The molecule has 3 aliphatic rings. The summed E-state index contributed by atoms with van der Waals surface area (Å²) in [6.45, 7) is 4.46. The Morgan fingerprint density at radius 1 is 1.26 bits per heavy atom. The van der Waals surface area contributed by atoms with E-state index in [9.17, 15) is 15.0 Å². The summed E-state index contributed by atoms with van der Waals surface area (Å²) in [4.78, 5) is 14.4. The second-order valence-electron chi connectivity index (χ2n) is 8.64. The van der Waals surface area contributed by atoms with Crippen LogP contribution in [-0.2, 0) is 24.2 Å². The lowest BCUT2D eigenvalue weighted by molar-refractivity contribution is -0.165. The van der Waals surface area contributed by atoms with Crippen molar-refractivity contribution in [3.8, 4) is 5.75 Å². The van der Waals surface area contributed by atoms with Crippen LogP contribution in [0.2, 0.25) is 0 Å². The molecule has 1 aliphatic heterocycles. The van der Waals surface area contributed by atoms with Crippen LogP contribution >= 0.6 is 0 Å². The van der Waals surface area contributed by atoms with Crippen LogP contribution in [-0.4, -0.2) is 46.9 Å². The number of rotatable bonds is 7. The highest BCUT2D eigenvalue weighted by Gasteiger charge is 2.51. The van der Waals surface area contributed by atoms with Gasteiger partial charge in [0.05, 0.1) is 12.7 Å². The fourth-order valence-electron chi connectivity index (χ4n) is 4.94. The standard InChI is InChI=1S/C22H31NO4/c1-2-27-19-11-17-5-3-4-16(17)10-18(19)13-23-9-8-20(24)22(14-23,21(25)26)12-15-6-7-15/h10-11,15,20,24H,2-9,12-14H2,1H3,(H,25,26)/t20-,22+/m1/s1. The number of hydrogen-bond donors (Lipinski definition) is 2. The Labute approximate surface area is 161 Å². The Morgan fingerprint density at radius 2 is 2.00 bits per heavy atom. The first-order chi connectivity index (χ1) is 13.0. The summed E-state index contributed by atoms with van der Waals surface area (Å²) in [7, 11) is 0.